The molecule has 5 nitrogen and oxygen atoms in total. The largest absolute Gasteiger partial charge is 0.338 e. The van der Waals surface area contributed by atoms with Crippen molar-refractivity contribution in [3.63, 3.8) is 0 Å². The van der Waals surface area contributed by atoms with Gasteiger partial charge in [0.15, 0.2) is 0 Å². The lowest BCUT2D eigenvalue weighted by atomic mass is 9.70. The van der Waals surface area contributed by atoms with Gasteiger partial charge in [-0.15, -0.1) is 0 Å². The Labute approximate surface area is 159 Å². The third-order valence-corrected chi connectivity index (χ3v) is 6.20. The molecule has 1 unspecified atom stereocenters. The third-order valence-electron chi connectivity index (χ3n) is 6.20. The van der Waals surface area contributed by atoms with Crippen molar-refractivity contribution in [1.29, 1.82) is 0 Å². The molecular formula is C22H24N2O3. The molecule has 1 fully saturated rings. The number of amides is 2. The van der Waals surface area contributed by atoms with Gasteiger partial charge in [0.2, 0.25) is 5.91 Å². The van der Waals surface area contributed by atoms with Crippen molar-refractivity contribution in [2.75, 3.05) is 6.54 Å². The molecular weight excluding hydrogens is 340 g/mol. The molecule has 1 aliphatic heterocycles. The van der Waals surface area contributed by atoms with E-state index < -0.39 is 5.91 Å². The van der Waals surface area contributed by atoms with Crippen molar-refractivity contribution in [3.8, 4) is 0 Å². The van der Waals surface area contributed by atoms with Crippen LogP contribution in [0.4, 0.5) is 0 Å². The molecule has 1 aliphatic carbocycles. The molecule has 1 atom stereocenters. The van der Waals surface area contributed by atoms with Gasteiger partial charge in [0.05, 0.1) is 5.41 Å². The van der Waals surface area contributed by atoms with Crippen molar-refractivity contribution in [2.24, 2.45) is 5.41 Å². The van der Waals surface area contributed by atoms with Crippen LogP contribution in [0, 0.1) is 12.3 Å². The lowest BCUT2D eigenvalue weighted by Crippen LogP contribution is -2.38. The van der Waals surface area contributed by atoms with Crippen LogP contribution in [0.15, 0.2) is 42.5 Å². The van der Waals surface area contributed by atoms with E-state index in [1.807, 2.05) is 29.2 Å². The van der Waals surface area contributed by atoms with Crippen LogP contribution in [0.2, 0.25) is 0 Å². The van der Waals surface area contributed by atoms with Gasteiger partial charge in [-0.3, -0.25) is 14.8 Å². The summed E-state index contributed by atoms with van der Waals surface area (Å²) in [6, 6.07) is 13.7. The first kappa shape index (κ1) is 17.7. The Kier molecular flexibility index (Phi) is 4.48. The molecule has 2 aromatic rings. The lowest BCUT2D eigenvalue weighted by Gasteiger charge is -2.33. The Morgan fingerprint density at radius 3 is 2.78 bits per heavy atom. The van der Waals surface area contributed by atoms with Crippen LogP contribution in [-0.4, -0.2) is 28.5 Å². The zero-order valence-corrected chi connectivity index (χ0v) is 15.5. The monoisotopic (exact) mass is 364 g/mol. The van der Waals surface area contributed by atoms with Crippen molar-refractivity contribution in [3.05, 3.63) is 70.3 Å². The first-order valence-corrected chi connectivity index (χ1v) is 9.42. The summed E-state index contributed by atoms with van der Waals surface area (Å²) < 4.78 is 0. The van der Waals surface area contributed by atoms with Gasteiger partial charge in [-0.2, -0.15) is 0 Å². The Morgan fingerprint density at radius 2 is 2.00 bits per heavy atom. The standard InChI is InChI=1S/C22H24N2O3/c1-15-4-2-3-5-19(15)14-24-11-10-22(21(24)26)9-8-16-12-17(20(25)23-27)6-7-18(16)13-22/h2-7,12,27H,8-11,13-14H2,1H3,(H,23,25). The summed E-state index contributed by atoms with van der Waals surface area (Å²) in [4.78, 5) is 26.9. The highest BCUT2D eigenvalue weighted by molar-refractivity contribution is 5.93. The molecule has 0 aromatic heterocycles. The summed E-state index contributed by atoms with van der Waals surface area (Å²) in [6.07, 6.45) is 3.21. The number of nitrogens with zero attached hydrogens (tertiary/aromatic N) is 1. The summed E-state index contributed by atoms with van der Waals surface area (Å²) in [7, 11) is 0. The fourth-order valence-electron chi connectivity index (χ4n) is 4.50. The van der Waals surface area contributed by atoms with E-state index in [4.69, 9.17) is 5.21 Å². The Hall–Kier alpha value is -2.66. The molecule has 0 saturated carbocycles. The lowest BCUT2D eigenvalue weighted by molar-refractivity contribution is -0.137. The first-order valence-electron chi connectivity index (χ1n) is 9.42. The summed E-state index contributed by atoms with van der Waals surface area (Å²) in [5.74, 6) is -0.243. The molecule has 0 radical (unpaired) electrons. The van der Waals surface area contributed by atoms with Crippen LogP contribution < -0.4 is 5.48 Å². The number of rotatable bonds is 3. The normalized spacial score (nSPS) is 21.4. The van der Waals surface area contributed by atoms with Gasteiger partial charge in [-0.05, 0) is 67.0 Å². The zero-order valence-electron chi connectivity index (χ0n) is 15.5. The molecule has 4 rings (SSSR count). The summed E-state index contributed by atoms with van der Waals surface area (Å²) in [5.41, 5.74) is 6.49. The highest BCUT2D eigenvalue weighted by Crippen LogP contribution is 2.44. The average Bonchev–Trinajstić information content (AvgIpc) is 2.98. The summed E-state index contributed by atoms with van der Waals surface area (Å²) in [5, 5.41) is 8.81. The van der Waals surface area contributed by atoms with Gasteiger partial charge in [-0.1, -0.05) is 30.3 Å². The molecule has 1 heterocycles. The molecule has 27 heavy (non-hydrogen) atoms. The Balaban J connectivity index is 1.53. The quantitative estimate of drug-likeness (QED) is 0.650. The minimum atomic E-state index is -0.501. The number of hydrogen-bond acceptors (Lipinski definition) is 3. The maximum Gasteiger partial charge on any atom is 0.274 e. The number of aryl methyl sites for hydroxylation is 2. The number of benzene rings is 2. The zero-order chi connectivity index (χ0) is 19.0. The molecule has 140 valence electrons. The molecule has 0 bridgehead atoms. The SMILES string of the molecule is Cc1ccccc1CN1CCC2(CCc3cc(C(=O)NO)ccc3C2)C1=O. The number of nitrogens with one attached hydrogen (secondary N) is 1. The number of hydrogen-bond donors (Lipinski definition) is 2. The average molecular weight is 364 g/mol. The van der Waals surface area contributed by atoms with Crippen molar-refractivity contribution >= 4 is 11.8 Å². The molecule has 1 saturated heterocycles. The summed E-state index contributed by atoms with van der Waals surface area (Å²) >= 11 is 0. The van der Waals surface area contributed by atoms with Crippen LogP contribution in [0.5, 0.6) is 0 Å². The van der Waals surface area contributed by atoms with Crippen LogP contribution in [0.1, 0.15) is 45.5 Å². The highest BCUT2D eigenvalue weighted by Gasteiger charge is 2.48. The molecule has 2 N–H and O–H groups in total. The smallest absolute Gasteiger partial charge is 0.274 e. The van der Waals surface area contributed by atoms with Gasteiger partial charge in [0.25, 0.3) is 5.91 Å². The third kappa shape index (κ3) is 3.12. The van der Waals surface area contributed by atoms with E-state index in [9.17, 15) is 9.59 Å². The molecule has 2 amide bonds. The van der Waals surface area contributed by atoms with E-state index in [-0.39, 0.29) is 11.3 Å². The minimum Gasteiger partial charge on any atom is -0.338 e. The Bertz CT molecular complexity index is 908. The second-order valence-corrected chi connectivity index (χ2v) is 7.78. The van der Waals surface area contributed by atoms with E-state index in [1.54, 1.807) is 11.5 Å². The van der Waals surface area contributed by atoms with Gasteiger partial charge >= 0.3 is 0 Å². The molecule has 2 aromatic carbocycles. The molecule has 5 heteroatoms. The fourth-order valence-corrected chi connectivity index (χ4v) is 4.50. The number of hydroxylamine groups is 1. The van der Waals surface area contributed by atoms with E-state index in [0.29, 0.717) is 12.1 Å². The van der Waals surface area contributed by atoms with Crippen LogP contribution in [0.25, 0.3) is 0 Å². The van der Waals surface area contributed by atoms with Gasteiger partial charge in [-0.25, -0.2) is 5.48 Å². The topological polar surface area (TPSA) is 69.6 Å². The van der Waals surface area contributed by atoms with E-state index in [1.165, 1.54) is 11.1 Å². The van der Waals surface area contributed by atoms with Gasteiger partial charge in [0, 0.05) is 18.7 Å². The van der Waals surface area contributed by atoms with E-state index in [2.05, 4.69) is 19.1 Å². The van der Waals surface area contributed by atoms with Crippen molar-refractivity contribution in [2.45, 2.75) is 39.2 Å². The van der Waals surface area contributed by atoms with Crippen LogP contribution in [0.3, 0.4) is 0 Å². The second kappa shape index (κ2) is 6.82. The van der Waals surface area contributed by atoms with Crippen molar-refractivity contribution < 1.29 is 14.8 Å². The minimum absolute atomic E-state index is 0.258. The maximum atomic E-state index is 13.3. The van der Waals surface area contributed by atoms with Gasteiger partial charge in [0.1, 0.15) is 0 Å². The van der Waals surface area contributed by atoms with Gasteiger partial charge < -0.3 is 4.90 Å². The summed E-state index contributed by atoms with van der Waals surface area (Å²) in [6.45, 7) is 3.56. The fraction of sp³-hybridized carbons (Fsp3) is 0.364. The van der Waals surface area contributed by atoms with Crippen LogP contribution >= 0.6 is 0 Å². The predicted molar refractivity (Wildman–Crippen MR) is 101 cm³/mol. The van der Waals surface area contributed by atoms with Crippen LogP contribution in [-0.2, 0) is 24.2 Å². The number of carbonyl (C=O) groups is 2. The number of likely N-dealkylation sites (tertiary alicyclic amines) is 1. The molecule has 2 aliphatic rings. The second-order valence-electron chi connectivity index (χ2n) is 7.78. The number of fused-ring (bicyclic) bond motifs is 1. The Morgan fingerprint density at radius 1 is 1.19 bits per heavy atom. The maximum absolute atomic E-state index is 13.3. The van der Waals surface area contributed by atoms with E-state index in [0.717, 1.165) is 43.4 Å². The predicted octanol–water partition coefficient (Wildman–Crippen LogP) is 3.02. The first-order chi connectivity index (χ1) is 13.0. The highest BCUT2D eigenvalue weighted by atomic mass is 16.5. The molecule has 1 spiro atoms. The van der Waals surface area contributed by atoms with E-state index >= 15 is 0 Å². The number of carbonyl (C=O) groups excluding carboxylic acids is 2. The van der Waals surface area contributed by atoms with Crippen molar-refractivity contribution in [1.82, 2.24) is 10.4 Å².